The summed E-state index contributed by atoms with van der Waals surface area (Å²) in [6.07, 6.45) is 1.91. The van der Waals surface area contributed by atoms with Crippen LogP contribution >= 0.6 is 11.8 Å². The average Bonchev–Trinajstić information content (AvgIpc) is 2.96. The van der Waals surface area contributed by atoms with Crippen molar-refractivity contribution in [3.8, 4) is 0 Å². The van der Waals surface area contributed by atoms with Crippen molar-refractivity contribution in [2.45, 2.75) is 36.8 Å². The van der Waals surface area contributed by atoms with Gasteiger partial charge in [0.1, 0.15) is 5.25 Å². The van der Waals surface area contributed by atoms with Crippen molar-refractivity contribution in [1.29, 1.82) is 0 Å². The van der Waals surface area contributed by atoms with Gasteiger partial charge in [0.25, 0.3) is 5.91 Å². The van der Waals surface area contributed by atoms with Gasteiger partial charge in [-0.25, -0.2) is 0 Å². The molecule has 136 valence electrons. The molecular weight excluding hydrogens is 346 g/mol. The predicted molar refractivity (Wildman–Crippen MR) is 104 cm³/mol. The van der Waals surface area contributed by atoms with Crippen molar-refractivity contribution >= 4 is 23.6 Å². The number of fused-ring (bicyclic) bond motifs is 1. The second kappa shape index (κ2) is 7.54. The lowest BCUT2D eigenvalue weighted by Gasteiger charge is -2.24. The van der Waals surface area contributed by atoms with E-state index in [9.17, 15) is 9.59 Å². The van der Waals surface area contributed by atoms with Gasteiger partial charge in [-0.15, -0.1) is 11.8 Å². The molecule has 2 aromatic carbocycles. The number of amides is 1. The molecule has 0 heterocycles. The molecule has 0 fully saturated rings. The van der Waals surface area contributed by atoms with Crippen LogP contribution in [0.25, 0.3) is 0 Å². The zero-order valence-corrected chi connectivity index (χ0v) is 15.8. The Morgan fingerprint density at radius 1 is 1.12 bits per heavy atom. The van der Waals surface area contributed by atoms with E-state index in [2.05, 4.69) is 36.5 Å². The Bertz CT molecular complexity index is 809. The molecule has 0 saturated carbocycles. The van der Waals surface area contributed by atoms with E-state index in [1.54, 1.807) is 25.1 Å². The molecule has 0 spiro atoms. The summed E-state index contributed by atoms with van der Waals surface area (Å²) in [7, 11) is 0. The molecule has 5 heteroatoms. The summed E-state index contributed by atoms with van der Waals surface area (Å²) < 4.78 is 0. The Morgan fingerprint density at radius 3 is 2.31 bits per heavy atom. The molecular formula is C21H23NO3S. The van der Waals surface area contributed by atoms with Crippen molar-refractivity contribution in [2.75, 3.05) is 6.54 Å². The molecule has 0 saturated heterocycles. The lowest BCUT2D eigenvalue weighted by Crippen LogP contribution is -2.36. The highest BCUT2D eigenvalue weighted by atomic mass is 32.2. The van der Waals surface area contributed by atoms with Crippen LogP contribution in [0.5, 0.6) is 0 Å². The molecule has 3 rings (SSSR count). The topological polar surface area (TPSA) is 66.4 Å². The Kier molecular flexibility index (Phi) is 5.37. The maximum atomic E-state index is 12.7. The second-order valence-electron chi connectivity index (χ2n) is 7.21. The Labute approximate surface area is 158 Å². The molecule has 1 aliphatic rings. The SMILES string of the molecule is CC(Sc1ccccc1C(=O)NCC1(C)Cc2ccccc2C1)C(=O)O. The number of carbonyl (C=O) groups is 2. The van der Waals surface area contributed by atoms with Crippen LogP contribution < -0.4 is 5.32 Å². The zero-order valence-electron chi connectivity index (χ0n) is 15.0. The van der Waals surface area contributed by atoms with Gasteiger partial charge in [-0.05, 0) is 48.4 Å². The number of hydrogen-bond acceptors (Lipinski definition) is 3. The molecule has 2 aromatic rings. The Morgan fingerprint density at radius 2 is 1.69 bits per heavy atom. The first-order valence-electron chi connectivity index (χ1n) is 8.71. The third-order valence-electron chi connectivity index (χ3n) is 4.81. The Hall–Kier alpha value is -2.27. The maximum Gasteiger partial charge on any atom is 0.316 e. The summed E-state index contributed by atoms with van der Waals surface area (Å²) in [5.74, 6) is -1.04. The van der Waals surface area contributed by atoms with E-state index in [0.29, 0.717) is 17.0 Å². The van der Waals surface area contributed by atoms with Crippen LogP contribution in [-0.4, -0.2) is 28.8 Å². The minimum Gasteiger partial charge on any atom is -0.480 e. The van der Waals surface area contributed by atoms with Crippen molar-refractivity contribution < 1.29 is 14.7 Å². The van der Waals surface area contributed by atoms with Gasteiger partial charge in [0, 0.05) is 11.4 Å². The van der Waals surface area contributed by atoms with Crippen LogP contribution in [0.2, 0.25) is 0 Å². The second-order valence-corrected chi connectivity index (χ2v) is 8.59. The van der Waals surface area contributed by atoms with E-state index < -0.39 is 11.2 Å². The van der Waals surface area contributed by atoms with E-state index in [4.69, 9.17) is 5.11 Å². The van der Waals surface area contributed by atoms with Gasteiger partial charge in [0.05, 0.1) is 5.56 Å². The van der Waals surface area contributed by atoms with Gasteiger partial charge in [-0.1, -0.05) is 43.3 Å². The van der Waals surface area contributed by atoms with Crippen molar-refractivity contribution in [1.82, 2.24) is 5.32 Å². The monoisotopic (exact) mass is 369 g/mol. The van der Waals surface area contributed by atoms with Crippen LogP contribution in [0.1, 0.15) is 35.3 Å². The minimum absolute atomic E-state index is 0.00971. The van der Waals surface area contributed by atoms with E-state index in [0.717, 1.165) is 12.8 Å². The molecule has 4 nitrogen and oxygen atoms in total. The number of carboxylic acid groups (broad SMARTS) is 1. The van der Waals surface area contributed by atoms with Crippen LogP contribution in [-0.2, 0) is 17.6 Å². The Balaban J connectivity index is 1.67. The fourth-order valence-corrected chi connectivity index (χ4v) is 4.32. The third kappa shape index (κ3) is 4.10. The van der Waals surface area contributed by atoms with Crippen LogP contribution in [0, 0.1) is 5.41 Å². The molecule has 1 unspecified atom stereocenters. The first-order valence-corrected chi connectivity index (χ1v) is 9.59. The molecule has 1 amide bonds. The first kappa shape index (κ1) is 18.5. The summed E-state index contributed by atoms with van der Waals surface area (Å²) in [6, 6.07) is 15.6. The fraction of sp³-hybridized carbons (Fsp3) is 0.333. The lowest BCUT2D eigenvalue weighted by molar-refractivity contribution is -0.136. The first-order chi connectivity index (χ1) is 12.4. The summed E-state index contributed by atoms with van der Waals surface area (Å²) >= 11 is 1.19. The molecule has 1 aliphatic carbocycles. The highest BCUT2D eigenvalue weighted by Crippen LogP contribution is 2.36. The summed E-state index contributed by atoms with van der Waals surface area (Å²) in [5, 5.41) is 11.6. The fourth-order valence-electron chi connectivity index (χ4n) is 3.40. The number of nitrogens with one attached hydrogen (secondary N) is 1. The molecule has 26 heavy (non-hydrogen) atoms. The number of carboxylic acids is 1. The van der Waals surface area contributed by atoms with Crippen LogP contribution in [0.15, 0.2) is 53.4 Å². The van der Waals surface area contributed by atoms with Gasteiger partial charge in [0.2, 0.25) is 0 Å². The molecule has 0 radical (unpaired) electrons. The number of carbonyl (C=O) groups excluding carboxylic acids is 1. The van der Waals surface area contributed by atoms with E-state index in [1.807, 2.05) is 6.07 Å². The average molecular weight is 369 g/mol. The summed E-state index contributed by atoms with van der Waals surface area (Å²) in [4.78, 5) is 24.5. The maximum absolute atomic E-state index is 12.7. The normalized spacial score (nSPS) is 15.9. The van der Waals surface area contributed by atoms with Gasteiger partial charge in [-0.3, -0.25) is 9.59 Å². The predicted octanol–water partition coefficient (Wildman–Crippen LogP) is 3.79. The van der Waals surface area contributed by atoms with Gasteiger partial charge in [0.15, 0.2) is 0 Å². The molecule has 0 aromatic heterocycles. The van der Waals surface area contributed by atoms with Crippen LogP contribution in [0.3, 0.4) is 0 Å². The number of rotatable bonds is 6. The largest absolute Gasteiger partial charge is 0.480 e. The van der Waals surface area contributed by atoms with Crippen LogP contribution in [0.4, 0.5) is 0 Å². The highest BCUT2D eigenvalue weighted by Gasteiger charge is 2.33. The van der Waals surface area contributed by atoms with Crippen molar-refractivity contribution in [2.24, 2.45) is 5.41 Å². The van der Waals surface area contributed by atoms with E-state index in [-0.39, 0.29) is 11.3 Å². The van der Waals surface area contributed by atoms with Crippen molar-refractivity contribution in [3.63, 3.8) is 0 Å². The molecule has 1 atom stereocenters. The van der Waals surface area contributed by atoms with E-state index >= 15 is 0 Å². The smallest absolute Gasteiger partial charge is 0.316 e. The number of hydrogen-bond donors (Lipinski definition) is 2. The number of aliphatic carboxylic acids is 1. The van der Waals surface area contributed by atoms with Crippen molar-refractivity contribution in [3.05, 3.63) is 65.2 Å². The molecule has 0 aliphatic heterocycles. The van der Waals surface area contributed by atoms with E-state index in [1.165, 1.54) is 22.9 Å². The standard InChI is InChI=1S/C21H23NO3S/c1-14(20(24)25)26-18-10-6-5-9-17(18)19(23)22-13-21(2)11-15-7-3-4-8-16(15)12-21/h3-10,14H,11-13H2,1-2H3,(H,22,23)(H,24,25). The minimum atomic E-state index is -0.888. The quantitative estimate of drug-likeness (QED) is 0.761. The lowest BCUT2D eigenvalue weighted by atomic mass is 9.87. The summed E-state index contributed by atoms with van der Waals surface area (Å²) in [6.45, 7) is 4.41. The number of thioether (sulfide) groups is 1. The number of benzene rings is 2. The van der Waals surface area contributed by atoms with Gasteiger partial charge < -0.3 is 10.4 Å². The zero-order chi connectivity index (χ0) is 18.7. The van der Waals surface area contributed by atoms with Gasteiger partial charge in [-0.2, -0.15) is 0 Å². The van der Waals surface area contributed by atoms with Gasteiger partial charge >= 0.3 is 5.97 Å². The highest BCUT2D eigenvalue weighted by molar-refractivity contribution is 8.00. The molecule has 0 bridgehead atoms. The summed E-state index contributed by atoms with van der Waals surface area (Å²) in [5.41, 5.74) is 3.26. The third-order valence-corrected chi connectivity index (χ3v) is 5.98. The molecule has 2 N–H and O–H groups in total.